The molecule has 1 aliphatic rings. The minimum atomic E-state index is -0.369. The van der Waals surface area contributed by atoms with Crippen LogP contribution in [0.1, 0.15) is 18.4 Å². The van der Waals surface area contributed by atoms with Gasteiger partial charge in [-0.25, -0.2) is 4.98 Å². The molecule has 0 amide bonds. The highest BCUT2D eigenvalue weighted by molar-refractivity contribution is 9.09. The summed E-state index contributed by atoms with van der Waals surface area (Å²) in [4.78, 5) is 15.3. The van der Waals surface area contributed by atoms with E-state index in [1.54, 1.807) is 12.3 Å². The van der Waals surface area contributed by atoms with Gasteiger partial charge in [0.15, 0.2) is 0 Å². The van der Waals surface area contributed by atoms with E-state index in [0.29, 0.717) is 10.3 Å². The number of fused-ring (bicyclic) bond motifs is 1. The van der Waals surface area contributed by atoms with Crippen molar-refractivity contribution >= 4 is 32.5 Å². The fraction of sp³-hybridized carbons (Fsp3) is 0.357. The molecule has 1 heterocycles. The van der Waals surface area contributed by atoms with Crippen LogP contribution in [-0.2, 0) is 6.42 Å². The van der Waals surface area contributed by atoms with Crippen LogP contribution in [0.5, 0.6) is 0 Å². The largest absolute Gasteiger partial charge is 0.295 e. The van der Waals surface area contributed by atoms with E-state index in [-0.39, 0.29) is 10.6 Å². The Kier molecular flexibility index (Phi) is 3.22. The Balaban J connectivity index is 2.05. The number of halogens is 1. The molecule has 1 fully saturated rings. The average Bonchev–Trinajstić information content (AvgIpc) is 3.22. The molecule has 5 heteroatoms. The number of nitrogens with zero attached hydrogens (tertiary/aromatic N) is 2. The van der Waals surface area contributed by atoms with E-state index >= 15 is 0 Å². The summed E-state index contributed by atoms with van der Waals surface area (Å²) >= 11 is 3.72. The van der Waals surface area contributed by atoms with Crippen molar-refractivity contribution < 1.29 is 4.92 Å². The fourth-order valence-corrected chi connectivity index (χ4v) is 3.26. The van der Waals surface area contributed by atoms with Crippen LogP contribution in [0, 0.1) is 16.0 Å². The minimum Gasteiger partial charge on any atom is -0.258 e. The lowest BCUT2D eigenvalue weighted by molar-refractivity contribution is -0.383. The first-order valence-corrected chi connectivity index (χ1v) is 7.23. The second kappa shape index (κ2) is 4.89. The Bertz CT molecular complexity index is 640. The maximum atomic E-state index is 11.0. The molecule has 1 atom stereocenters. The second-order valence-electron chi connectivity index (χ2n) is 4.96. The number of nitro benzene ring substituents is 1. The molecule has 19 heavy (non-hydrogen) atoms. The summed E-state index contributed by atoms with van der Waals surface area (Å²) in [5, 5.41) is 11.9. The molecule has 1 saturated carbocycles. The summed E-state index contributed by atoms with van der Waals surface area (Å²) in [6, 6.07) is 7.11. The molecule has 1 aliphatic carbocycles. The predicted octanol–water partition coefficient (Wildman–Crippen LogP) is 3.86. The van der Waals surface area contributed by atoms with Gasteiger partial charge < -0.3 is 0 Å². The highest BCUT2D eigenvalue weighted by atomic mass is 79.9. The van der Waals surface area contributed by atoms with Gasteiger partial charge in [-0.05, 0) is 36.8 Å². The number of hydrogen-bond donors (Lipinski definition) is 0. The van der Waals surface area contributed by atoms with Crippen molar-refractivity contribution in [1.29, 1.82) is 0 Å². The first-order valence-electron chi connectivity index (χ1n) is 6.32. The summed E-state index contributed by atoms with van der Waals surface area (Å²) < 4.78 is 0. The van der Waals surface area contributed by atoms with E-state index < -0.39 is 0 Å². The predicted molar refractivity (Wildman–Crippen MR) is 77.5 cm³/mol. The fourth-order valence-electron chi connectivity index (χ4n) is 2.38. The summed E-state index contributed by atoms with van der Waals surface area (Å²) in [6.07, 6.45) is 5.11. The number of hydrogen-bond acceptors (Lipinski definition) is 3. The van der Waals surface area contributed by atoms with E-state index in [2.05, 4.69) is 20.9 Å². The zero-order chi connectivity index (χ0) is 13.4. The molecule has 0 spiro atoms. The van der Waals surface area contributed by atoms with Crippen LogP contribution in [-0.4, -0.2) is 14.7 Å². The lowest BCUT2D eigenvalue weighted by Gasteiger charge is -2.10. The Morgan fingerprint density at radius 3 is 2.89 bits per heavy atom. The van der Waals surface area contributed by atoms with Gasteiger partial charge in [0.05, 0.1) is 4.92 Å². The van der Waals surface area contributed by atoms with Gasteiger partial charge in [-0.2, -0.15) is 0 Å². The molecule has 0 bridgehead atoms. The number of aromatic nitrogens is 1. The smallest absolute Gasteiger partial charge is 0.258 e. The van der Waals surface area contributed by atoms with Crippen molar-refractivity contribution in [3.05, 3.63) is 46.1 Å². The molecular formula is C14H13BrN2O2. The zero-order valence-electron chi connectivity index (χ0n) is 10.3. The number of nitro groups is 1. The molecule has 1 aromatic heterocycles. The van der Waals surface area contributed by atoms with Crippen LogP contribution in [0.2, 0.25) is 0 Å². The summed E-state index contributed by atoms with van der Waals surface area (Å²) in [7, 11) is 0. The zero-order valence-corrected chi connectivity index (χ0v) is 11.8. The van der Waals surface area contributed by atoms with E-state index in [9.17, 15) is 10.1 Å². The van der Waals surface area contributed by atoms with E-state index in [4.69, 9.17) is 0 Å². The molecule has 1 unspecified atom stereocenters. The summed E-state index contributed by atoms with van der Waals surface area (Å²) in [5.41, 5.74) is 1.69. The van der Waals surface area contributed by atoms with Gasteiger partial charge in [-0.3, -0.25) is 10.1 Å². The van der Waals surface area contributed by atoms with Crippen molar-refractivity contribution in [3.8, 4) is 0 Å². The van der Waals surface area contributed by atoms with Gasteiger partial charge in [-0.15, -0.1) is 0 Å². The van der Waals surface area contributed by atoms with Crippen molar-refractivity contribution in [2.24, 2.45) is 5.92 Å². The molecule has 0 aliphatic heterocycles. The van der Waals surface area contributed by atoms with E-state index in [1.165, 1.54) is 18.9 Å². The first kappa shape index (κ1) is 12.5. The number of para-hydroxylation sites is 1. The molecule has 0 saturated heterocycles. The highest BCUT2D eigenvalue weighted by Gasteiger charge is 2.29. The van der Waals surface area contributed by atoms with Crippen LogP contribution in [0.4, 0.5) is 5.69 Å². The van der Waals surface area contributed by atoms with E-state index in [1.807, 2.05) is 12.1 Å². The highest BCUT2D eigenvalue weighted by Crippen LogP contribution is 2.39. The molecule has 0 N–H and O–H groups in total. The van der Waals surface area contributed by atoms with E-state index in [0.717, 1.165) is 23.3 Å². The molecular weight excluding hydrogens is 308 g/mol. The van der Waals surface area contributed by atoms with Crippen molar-refractivity contribution in [1.82, 2.24) is 4.98 Å². The molecule has 4 nitrogen and oxygen atoms in total. The quantitative estimate of drug-likeness (QED) is 0.488. The lowest BCUT2D eigenvalue weighted by atomic mass is 10.0. The molecule has 2 aromatic rings. The van der Waals surface area contributed by atoms with Crippen LogP contribution in [0.3, 0.4) is 0 Å². The first-order chi connectivity index (χ1) is 9.16. The average molecular weight is 321 g/mol. The normalized spacial score (nSPS) is 16.5. The number of rotatable bonds is 4. The van der Waals surface area contributed by atoms with Gasteiger partial charge in [0.25, 0.3) is 5.69 Å². The molecule has 1 aromatic carbocycles. The number of pyridine rings is 1. The standard InChI is InChI=1S/C14H13BrN2O2/c15-12(9-4-5-9)8-10-6-7-16-14-11(10)2-1-3-13(14)17(18)19/h1-3,6-7,9,12H,4-5,8H2. The van der Waals surface area contributed by atoms with Crippen LogP contribution in [0.15, 0.2) is 30.5 Å². The monoisotopic (exact) mass is 320 g/mol. The minimum absolute atomic E-state index is 0.0805. The maximum Gasteiger partial charge on any atom is 0.295 e. The third-order valence-electron chi connectivity index (χ3n) is 3.59. The van der Waals surface area contributed by atoms with Crippen molar-refractivity contribution in [3.63, 3.8) is 0 Å². The van der Waals surface area contributed by atoms with Gasteiger partial charge in [0, 0.05) is 22.5 Å². The summed E-state index contributed by atoms with van der Waals surface area (Å²) in [6.45, 7) is 0. The van der Waals surface area contributed by atoms with Crippen molar-refractivity contribution in [2.75, 3.05) is 0 Å². The molecule has 3 rings (SSSR count). The Morgan fingerprint density at radius 2 is 2.21 bits per heavy atom. The lowest BCUT2D eigenvalue weighted by Crippen LogP contribution is -2.06. The van der Waals surface area contributed by atoms with Crippen LogP contribution >= 0.6 is 15.9 Å². The van der Waals surface area contributed by atoms with Gasteiger partial charge in [0.2, 0.25) is 0 Å². The van der Waals surface area contributed by atoms with Crippen LogP contribution in [0.25, 0.3) is 10.9 Å². The van der Waals surface area contributed by atoms with Crippen molar-refractivity contribution in [2.45, 2.75) is 24.1 Å². The van der Waals surface area contributed by atoms with Gasteiger partial charge in [0.1, 0.15) is 5.52 Å². The Labute approximate surface area is 119 Å². The SMILES string of the molecule is O=[N+]([O-])c1cccc2c(CC(Br)C3CC3)ccnc12. The van der Waals surface area contributed by atoms with Crippen LogP contribution < -0.4 is 0 Å². The van der Waals surface area contributed by atoms with Gasteiger partial charge >= 0.3 is 0 Å². The van der Waals surface area contributed by atoms with Gasteiger partial charge in [-0.1, -0.05) is 28.1 Å². The maximum absolute atomic E-state index is 11.0. The number of benzene rings is 1. The number of alkyl halides is 1. The summed E-state index contributed by atoms with van der Waals surface area (Å²) in [5.74, 6) is 0.752. The third kappa shape index (κ3) is 2.47. The number of non-ortho nitro benzene ring substituents is 1. The second-order valence-corrected chi connectivity index (χ2v) is 6.13. The third-order valence-corrected chi connectivity index (χ3v) is 4.66. The topological polar surface area (TPSA) is 56.0 Å². The Morgan fingerprint density at radius 1 is 1.42 bits per heavy atom. The molecule has 0 radical (unpaired) electrons. The Hall–Kier alpha value is -1.49. The molecule has 98 valence electrons.